The van der Waals surface area contributed by atoms with Crippen LogP contribution in [0.2, 0.25) is 0 Å². The van der Waals surface area contributed by atoms with Gasteiger partial charge in [-0.1, -0.05) is 24.3 Å². The maximum absolute atomic E-state index is 12.6. The number of piperidine rings is 1. The first-order chi connectivity index (χ1) is 14.4. The number of ether oxygens (including phenoxy) is 2. The van der Waals surface area contributed by atoms with Crippen LogP contribution in [0, 0.1) is 12.8 Å². The van der Waals surface area contributed by atoms with Crippen molar-refractivity contribution >= 4 is 17.5 Å². The third-order valence-corrected chi connectivity index (χ3v) is 5.08. The van der Waals surface area contributed by atoms with Gasteiger partial charge in [0.2, 0.25) is 5.91 Å². The largest absolute Gasteiger partial charge is 0.484 e. The summed E-state index contributed by atoms with van der Waals surface area (Å²) in [4.78, 5) is 26.6. The molecule has 1 saturated heterocycles. The number of anilines is 1. The van der Waals surface area contributed by atoms with Crippen LogP contribution in [0.4, 0.5) is 14.5 Å². The van der Waals surface area contributed by atoms with Crippen LogP contribution in [-0.4, -0.2) is 43.0 Å². The molecule has 3 rings (SSSR count). The number of rotatable bonds is 7. The van der Waals surface area contributed by atoms with E-state index in [0.717, 1.165) is 0 Å². The van der Waals surface area contributed by atoms with E-state index >= 15 is 0 Å². The van der Waals surface area contributed by atoms with Gasteiger partial charge >= 0.3 is 6.61 Å². The second-order valence-corrected chi connectivity index (χ2v) is 7.05. The first kappa shape index (κ1) is 21.5. The highest BCUT2D eigenvalue weighted by atomic mass is 19.3. The number of hydrogen-bond donors (Lipinski definition) is 1. The number of carbonyl (C=O) groups is 2. The minimum absolute atomic E-state index is 0.0293. The zero-order valence-electron chi connectivity index (χ0n) is 16.6. The van der Waals surface area contributed by atoms with Gasteiger partial charge in [0, 0.05) is 30.3 Å². The number of nitrogens with zero attached hydrogens (tertiary/aromatic N) is 1. The Morgan fingerprint density at radius 3 is 2.47 bits per heavy atom. The summed E-state index contributed by atoms with van der Waals surface area (Å²) < 4.78 is 34.9. The fraction of sp³-hybridized carbons (Fsp3) is 0.364. The molecule has 0 atom stereocenters. The summed E-state index contributed by atoms with van der Waals surface area (Å²) in [5, 5.41) is 2.79. The molecular weight excluding hydrogens is 394 g/mol. The predicted molar refractivity (Wildman–Crippen MR) is 108 cm³/mol. The van der Waals surface area contributed by atoms with Crippen LogP contribution >= 0.6 is 0 Å². The Bertz CT molecular complexity index is 869. The number of benzene rings is 2. The SMILES string of the molecule is Cc1c(NC(=O)C2CCN(C(=O)COc3ccccc3)CC2)cccc1OC(F)F. The monoisotopic (exact) mass is 418 g/mol. The highest BCUT2D eigenvalue weighted by molar-refractivity contribution is 5.93. The molecule has 1 aliphatic heterocycles. The lowest BCUT2D eigenvalue weighted by Gasteiger charge is -2.31. The molecule has 1 N–H and O–H groups in total. The van der Waals surface area contributed by atoms with Gasteiger partial charge in [0.25, 0.3) is 5.91 Å². The summed E-state index contributed by atoms with van der Waals surface area (Å²) in [6.45, 7) is -0.439. The first-order valence-electron chi connectivity index (χ1n) is 9.75. The molecule has 1 heterocycles. The number of amides is 2. The molecule has 160 valence electrons. The molecule has 1 fully saturated rings. The van der Waals surface area contributed by atoms with Crippen molar-refractivity contribution in [3.05, 3.63) is 54.1 Å². The van der Waals surface area contributed by atoms with Gasteiger partial charge in [-0.15, -0.1) is 0 Å². The standard InChI is InChI=1S/C22H24F2N2O4/c1-15-18(8-5-9-19(15)30-22(23)24)25-21(28)16-10-12-26(13-11-16)20(27)14-29-17-6-3-2-4-7-17/h2-9,16,22H,10-14H2,1H3,(H,25,28). The van der Waals surface area contributed by atoms with Crippen LogP contribution in [0.5, 0.6) is 11.5 Å². The van der Waals surface area contributed by atoms with Crippen molar-refractivity contribution in [2.75, 3.05) is 25.0 Å². The molecule has 2 aromatic rings. The maximum atomic E-state index is 12.6. The van der Waals surface area contributed by atoms with Gasteiger partial charge in [-0.3, -0.25) is 9.59 Å². The Morgan fingerprint density at radius 2 is 1.80 bits per heavy atom. The molecule has 8 heteroatoms. The van der Waals surface area contributed by atoms with Crippen LogP contribution in [0.25, 0.3) is 0 Å². The second kappa shape index (κ2) is 10.0. The average molecular weight is 418 g/mol. The fourth-order valence-corrected chi connectivity index (χ4v) is 3.35. The molecule has 0 saturated carbocycles. The fourth-order valence-electron chi connectivity index (χ4n) is 3.35. The summed E-state index contributed by atoms with van der Waals surface area (Å²) in [6.07, 6.45) is 1.05. The molecule has 2 aromatic carbocycles. The van der Waals surface area contributed by atoms with E-state index < -0.39 is 6.61 Å². The predicted octanol–water partition coefficient (Wildman–Crippen LogP) is 3.85. The average Bonchev–Trinajstić information content (AvgIpc) is 2.75. The Balaban J connectivity index is 1.49. The smallest absolute Gasteiger partial charge is 0.387 e. The zero-order valence-corrected chi connectivity index (χ0v) is 16.6. The number of carbonyl (C=O) groups excluding carboxylic acids is 2. The van der Waals surface area contributed by atoms with Crippen molar-refractivity contribution in [2.45, 2.75) is 26.4 Å². The van der Waals surface area contributed by atoms with E-state index in [1.54, 1.807) is 36.1 Å². The molecule has 0 aliphatic carbocycles. The number of para-hydroxylation sites is 1. The minimum Gasteiger partial charge on any atom is -0.484 e. The molecule has 0 bridgehead atoms. The number of nitrogens with one attached hydrogen (secondary N) is 1. The van der Waals surface area contributed by atoms with Gasteiger partial charge in [-0.05, 0) is 44.0 Å². The number of hydrogen-bond acceptors (Lipinski definition) is 4. The maximum Gasteiger partial charge on any atom is 0.387 e. The van der Waals surface area contributed by atoms with E-state index in [-0.39, 0.29) is 30.1 Å². The van der Waals surface area contributed by atoms with Crippen molar-refractivity contribution in [3.63, 3.8) is 0 Å². The van der Waals surface area contributed by atoms with Gasteiger partial charge in [0.05, 0.1) is 0 Å². The van der Waals surface area contributed by atoms with Crippen LogP contribution < -0.4 is 14.8 Å². The number of alkyl halides is 2. The number of likely N-dealkylation sites (tertiary alicyclic amines) is 1. The van der Waals surface area contributed by atoms with Crippen molar-refractivity contribution in [3.8, 4) is 11.5 Å². The van der Waals surface area contributed by atoms with Gasteiger partial charge in [-0.25, -0.2) is 0 Å². The molecule has 6 nitrogen and oxygen atoms in total. The van der Waals surface area contributed by atoms with Crippen molar-refractivity contribution < 1.29 is 27.8 Å². The minimum atomic E-state index is -2.93. The lowest BCUT2D eigenvalue weighted by molar-refractivity contribution is -0.136. The zero-order chi connectivity index (χ0) is 21.5. The lowest BCUT2D eigenvalue weighted by atomic mass is 9.95. The van der Waals surface area contributed by atoms with E-state index in [9.17, 15) is 18.4 Å². The third kappa shape index (κ3) is 5.68. The molecule has 0 aromatic heterocycles. The molecule has 2 amide bonds. The van der Waals surface area contributed by atoms with Gasteiger partial charge in [0.1, 0.15) is 11.5 Å². The van der Waals surface area contributed by atoms with E-state index in [0.29, 0.717) is 42.9 Å². The normalized spacial score (nSPS) is 14.5. The van der Waals surface area contributed by atoms with Crippen molar-refractivity contribution in [1.82, 2.24) is 4.90 Å². The Labute approximate surface area is 173 Å². The van der Waals surface area contributed by atoms with Crippen LogP contribution in [0.1, 0.15) is 18.4 Å². The Morgan fingerprint density at radius 1 is 1.10 bits per heavy atom. The summed E-state index contributed by atoms with van der Waals surface area (Å²) in [5.74, 6) is 0.0867. The Kier molecular flexibility index (Phi) is 7.21. The van der Waals surface area contributed by atoms with Crippen LogP contribution in [0.3, 0.4) is 0 Å². The van der Waals surface area contributed by atoms with E-state index in [2.05, 4.69) is 10.1 Å². The van der Waals surface area contributed by atoms with E-state index in [1.165, 1.54) is 6.07 Å². The highest BCUT2D eigenvalue weighted by Gasteiger charge is 2.28. The first-order valence-corrected chi connectivity index (χ1v) is 9.75. The number of halogens is 2. The highest BCUT2D eigenvalue weighted by Crippen LogP contribution is 2.28. The van der Waals surface area contributed by atoms with E-state index in [4.69, 9.17) is 4.74 Å². The molecule has 0 spiro atoms. The Hall–Kier alpha value is -3.16. The van der Waals surface area contributed by atoms with E-state index in [1.807, 2.05) is 18.2 Å². The topological polar surface area (TPSA) is 67.9 Å². The summed E-state index contributed by atoms with van der Waals surface area (Å²) >= 11 is 0. The summed E-state index contributed by atoms with van der Waals surface area (Å²) in [5.41, 5.74) is 0.879. The summed E-state index contributed by atoms with van der Waals surface area (Å²) in [6, 6.07) is 13.7. The van der Waals surface area contributed by atoms with Crippen LogP contribution in [0.15, 0.2) is 48.5 Å². The molecule has 0 radical (unpaired) electrons. The molecule has 1 aliphatic rings. The second-order valence-electron chi connectivity index (χ2n) is 7.05. The quantitative estimate of drug-likeness (QED) is 0.742. The molecule has 0 unspecified atom stereocenters. The van der Waals surface area contributed by atoms with Gasteiger partial charge in [-0.2, -0.15) is 8.78 Å². The molecular formula is C22H24F2N2O4. The van der Waals surface area contributed by atoms with Gasteiger partial charge < -0.3 is 19.7 Å². The summed E-state index contributed by atoms with van der Waals surface area (Å²) in [7, 11) is 0. The lowest BCUT2D eigenvalue weighted by Crippen LogP contribution is -2.43. The van der Waals surface area contributed by atoms with Crippen molar-refractivity contribution in [2.24, 2.45) is 5.92 Å². The van der Waals surface area contributed by atoms with Crippen molar-refractivity contribution in [1.29, 1.82) is 0 Å². The molecule has 30 heavy (non-hydrogen) atoms. The third-order valence-electron chi connectivity index (χ3n) is 5.08. The van der Waals surface area contributed by atoms with Crippen LogP contribution in [-0.2, 0) is 9.59 Å². The van der Waals surface area contributed by atoms with Gasteiger partial charge in [0.15, 0.2) is 6.61 Å².